The van der Waals surface area contributed by atoms with Crippen molar-refractivity contribution in [1.29, 1.82) is 0 Å². The highest BCUT2D eigenvalue weighted by Crippen LogP contribution is 2.04. The molecule has 1 aliphatic rings. The van der Waals surface area contributed by atoms with E-state index < -0.39 is 0 Å². The topological polar surface area (TPSA) is 81.8 Å². The fourth-order valence-corrected chi connectivity index (χ4v) is 2.99. The van der Waals surface area contributed by atoms with Gasteiger partial charge in [0, 0.05) is 45.7 Å². The Bertz CT molecular complexity index is 613. The zero-order chi connectivity index (χ0) is 19.5. The van der Waals surface area contributed by atoms with Gasteiger partial charge in [-0.3, -0.25) is 19.3 Å². The summed E-state index contributed by atoms with van der Waals surface area (Å²) in [5, 5.41) is 5.67. The van der Waals surface area contributed by atoms with Gasteiger partial charge in [0.25, 0.3) is 0 Å². The molecule has 3 amide bonds. The molecular weight excluding hydrogens is 344 g/mol. The second-order valence-electron chi connectivity index (χ2n) is 6.77. The summed E-state index contributed by atoms with van der Waals surface area (Å²) in [6.07, 6.45) is 1.56. The molecule has 2 N–H and O–H groups in total. The number of piperazine rings is 1. The largest absolute Gasteiger partial charge is 0.355 e. The van der Waals surface area contributed by atoms with Gasteiger partial charge in [-0.25, -0.2) is 0 Å². The molecule has 0 aliphatic carbocycles. The van der Waals surface area contributed by atoms with Crippen LogP contribution >= 0.6 is 0 Å². The molecule has 1 fully saturated rings. The average molecular weight is 374 g/mol. The molecule has 0 atom stereocenters. The van der Waals surface area contributed by atoms with Crippen LogP contribution in [0, 0.1) is 0 Å². The first-order valence-corrected chi connectivity index (χ1v) is 9.66. The Labute approximate surface area is 161 Å². The van der Waals surface area contributed by atoms with Crippen molar-refractivity contribution < 1.29 is 14.4 Å². The minimum atomic E-state index is -0.0723. The average Bonchev–Trinajstić information content (AvgIpc) is 2.67. The molecule has 0 aromatic heterocycles. The summed E-state index contributed by atoms with van der Waals surface area (Å²) in [5.74, 6) is 0.0137. The van der Waals surface area contributed by atoms with Crippen molar-refractivity contribution in [2.45, 2.75) is 26.2 Å². The molecule has 1 saturated heterocycles. The van der Waals surface area contributed by atoms with Crippen molar-refractivity contribution in [3.05, 3.63) is 35.9 Å². The van der Waals surface area contributed by atoms with E-state index in [0.29, 0.717) is 58.7 Å². The van der Waals surface area contributed by atoms with Gasteiger partial charge in [0.2, 0.25) is 17.7 Å². The predicted molar refractivity (Wildman–Crippen MR) is 104 cm³/mol. The lowest BCUT2D eigenvalue weighted by molar-refractivity contribution is -0.133. The van der Waals surface area contributed by atoms with Crippen LogP contribution < -0.4 is 10.6 Å². The first kappa shape index (κ1) is 20.9. The van der Waals surface area contributed by atoms with E-state index in [0.717, 1.165) is 12.0 Å². The van der Waals surface area contributed by atoms with Crippen LogP contribution in [0.2, 0.25) is 0 Å². The van der Waals surface area contributed by atoms with Crippen LogP contribution in [-0.4, -0.2) is 73.3 Å². The summed E-state index contributed by atoms with van der Waals surface area (Å²) in [6.45, 7) is 6.11. The zero-order valence-corrected chi connectivity index (χ0v) is 16.1. The lowest BCUT2D eigenvalue weighted by atomic mass is 10.1. The molecule has 1 heterocycles. The van der Waals surface area contributed by atoms with Crippen molar-refractivity contribution >= 4 is 17.7 Å². The zero-order valence-electron chi connectivity index (χ0n) is 16.1. The number of nitrogens with one attached hydrogen (secondary N) is 2. The summed E-state index contributed by atoms with van der Waals surface area (Å²) < 4.78 is 0. The molecule has 27 heavy (non-hydrogen) atoms. The molecule has 148 valence electrons. The van der Waals surface area contributed by atoms with E-state index in [1.807, 2.05) is 42.2 Å². The number of carbonyl (C=O) groups is 3. The van der Waals surface area contributed by atoms with Crippen LogP contribution in [0.15, 0.2) is 30.3 Å². The quantitative estimate of drug-likeness (QED) is 0.656. The van der Waals surface area contributed by atoms with Crippen molar-refractivity contribution in [2.75, 3.05) is 45.8 Å². The summed E-state index contributed by atoms with van der Waals surface area (Å²) in [6, 6.07) is 9.54. The monoisotopic (exact) mass is 374 g/mol. The second-order valence-corrected chi connectivity index (χ2v) is 6.77. The van der Waals surface area contributed by atoms with Gasteiger partial charge in [0.15, 0.2) is 0 Å². The first-order valence-electron chi connectivity index (χ1n) is 9.66. The van der Waals surface area contributed by atoms with Gasteiger partial charge >= 0.3 is 0 Å². The Morgan fingerprint density at radius 2 is 1.59 bits per heavy atom. The molecule has 1 aliphatic heterocycles. The summed E-state index contributed by atoms with van der Waals surface area (Å²) >= 11 is 0. The summed E-state index contributed by atoms with van der Waals surface area (Å²) in [4.78, 5) is 39.8. The smallest absolute Gasteiger partial charge is 0.234 e. The SMILES string of the molecule is CCCNC(=O)CN1CCN(C(=O)CCNC(=O)Cc2ccccc2)CC1. The van der Waals surface area contributed by atoms with Crippen LogP contribution in [0.4, 0.5) is 0 Å². The van der Waals surface area contributed by atoms with Gasteiger partial charge in [-0.05, 0) is 12.0 Å². The van der Waals surface area contributed by atoms with Crippen LogP contribution in [0.5, 0.6) is 0 Å². The number of nitrogens with zero attached hydrogens (tertiary/aromatic N) is 2. The highest BCUT2D eigenvalue weighted by atomic mass is 16.2. The molecule has 1 aromatic carbocycles. The molecule has 2 rings (SSSR count). The normalized spacial score (nSPS) is 14.6. The molecule has 1 aromatic rings. The maximum Gasteiger partial charge on any atom is 0.234 e. The van der Waals surface area contributed by atoms with Crippen LogP contribution in [-0.2, 0) is 20.8 Å². The first-order chi connectivity index (χ1) is 13.1. The van der Waals surface area contributed by atoms with Gasteiger partial charge in [0.1, 0.15) is 0 Å². The standard InChI is InChI=1S/C20H30N4O3/c1-2-9-21-19(26)16-23-11-13-24(14-12-23)20(27)8-10-22-18(25)15-17-6-4-3-5-7-17/h3-7H,2,8-16H2,1H3,(H,21,26)(H,22,25). The van der Waals surface area contributed by atoms with Gasteiger partial charge in [-0.15, -0.1) is 0 Å². The molecule has 0 unspecified atom stereocenters. The maximum atomic E-state index is 12.3. The third-order valence-electron chi connectivity index (χ3n) is 4.53. The third kappa shape index (κ3) is 7.78. The Balaban J connectivity index is 1.60. The van der Waals surface area contributed by atoms with E-state index in [4.69, 9.17) is 0 Å². The third-order valence-corrected chi connectivity index (χ3v) is 4.53. The van der Waals surface area contributed by atoms with E-state index in [2.05, 4.69) is 15.5 Å². The highest BCUT2D eigenvalue weighted by Gasteiger charge is 2.22. The predicted octanol–water partition coefficient (Wildman–Crippen LogP) is 0.406. The molecule has 0 saturated carbocycles. The Morgan fingerprint density at radius 3 is 2.26 bits per heavy atom. The van der Waals surface area contributed by atoms with Crippen molar-refractivity contribution in [2.24, 2.45) is 0 Å². The number of benzene rings is 1. The molecule has 7 heteroatoms. The molecular formula is C20H30N4O3. The fraction of sp³-hybridized carbons (Fsp3) is 0.550. The molecule has 7 nitrogen and oxygen atoms in total. The Morgan fingerprint density at radius 1 is 0.926 bits per heavy atom. The van der Waals surface area contributed by atoms with Crippen LogP contribution in [0.3, 0.4) is 0 Å². The van der Waals surface area contributed by atoms with E-state index in [1.54, 1.807) is 0 Å². The number of carbonyl (C=O) groups excluding carboxylic acids is 3. The number of rotatable bonds is 9. The number of hydrogen-bond donors (Lipinski definition) is 2. The van der Waals surface area contributed by atoms with Crippen molar-refractivity contribution in [3.63, 3.8) is 0 Å². The minimum Gasteiger partial charge on any atom is -0.355 e. The van der Waals surface area contributed by atoms with Crippen LogP contribution in [0.25, 0.3) is 0 Å². The van der Waals surface area contributed by atoms with E-state index in [-0.39, 0.29) is 17.7 Å². The summed E-state index contributed by atoms with van der Waals surface area (Å²) in [5.41, 5.74) is 0.959. The Kier molecular flexibility index (Phi) is 8.77. The lowest BCUT2D eigenvalue weighted by Gasteiger charge is -2.34. The Hall–Kier alpha value is -2.41. The summed E-state index contributed by atoms with van der Waals surface area (Å²) in [7, 11) is 0. The van der Waals surface area contributed by atoms with E-state index >= 15 is 0 Å². The van der Waals surface area contributed by atoms with Gasteiger partial charge in [0.05, 0.1) is 13.0 Å². The van der Waals surface area contributed by atoms with Crippen molar-refractivity contribution in [1.82, 2.24) is 20.4 Å². The number of hydrogen-bond acceptors (Lipinski definition) is 4. The molecule has 0 bridgehead atoms. The second kappa shape index (κ2) is 11.3. The molecule has 0 radical (unpaired) electrons. The fourth-order valence-electron chi connectivity index (χ4n) is 2.99. The maximum absolute atomic E-state index is 12.3. The van der Waals surface area contributed by atoms with Gasteiger partial charge in [-0.1, -0.05) is 37.3 Å². The van der Waals surface area contributed by atoms with E-state index in [9.17, 15) is 14.4 Å². The van der Waals surface area contributed by atoms with E-state index in [1.165, 1.54) is 0 Å². The number of amides is 3. The van der Waals surface area contributed by atoms with Gasteiger partial charge in [-0.2, -0.15) is 0 Å². The van der Waals surface area contributed by atoms with Crippen molar-refractivity contribution in [3.8, 4) is 0 Å². The van der Waals surface area contributed by atoms with Gasteiger partial charge < -0.3 is 15.5 Å². The molecule has 0 spiro atoms. The minimum absolute atomic E-state index is 0.0396. The highest BCUT2D eigenvalue weighted by molar-refractivity contribution is 5.80. The van der Waals surface area contributed by atoms with Crippen LogP contribution in [0.1, 0.15) is 25.3 Å². The lowest BCUT2D eigenvalue weighted by Crippen LogP contribution is -2.51.